The molecule has 1 aromatic rings. The number of rotatable bonds is 4. The molecule has 0 heterocycles. The van der Waals surface area contributed by atoms with Crippen molar-refractivity contribution in [2.75, 3.05) is 6.61 Å². The molecule has 0 atom stereocenters. The van der Waals surface area contributed by atoms with E-state index in [4.69, 9.17) is 10.00 Å². The molecule has 0 fully saturated rings. The second-order valence-electron chi connectivity index (χ2n) is 3.55. The van der Waals surface area contributed by atoms with Crippen molar-refractivity contribution in [3.05, 3.63) is 27.7 Å². The molecule has 4 nitrogen and oxygen atoms in total. The molecule has 8 heteroatoms. The minimum absolute atomic E-state index is 0.0287. The first-order valence-electron chi connectivity index (χ1n) is 5.41. The molecule has 1 aromatic carbocycles. The minimum atomic E-state index is -4.93. The van der Waals surface area contributed by atoms with Gasteiger partial charge >= 0.3 is 12.3 Å². The van der Waals surface area contributed by atoms with Gasteiger partial charge in [0.1, 0.15) is 6.07 Å². The molecular formula is C12H9BrF3NO3. The molecule has 0 N–H and O–H groups in total. The Morgan fingerprint density at radius 2 is 2.10 bits per heavy atom. The summed E-state index contributed by atoms with van der Waals surface area (Å²) in [4.78, 5) is 11.4. The largest absolute Gasteiger partial charge is 0.573 e. The highest BCUT2D eigenvalue weighted by Crippen LogP contribution is 2.35. The Bertz CT molecular complexity index is 552. The SMILES string of the molecule is CCOC(=O)Cc1ccc(Br)c(OC(F)(F)F)c1C#N. The Morgan fingerprint density at radius 3 is 2.60 bits per heavy atom. The predicted octanol–water partition coefficient (Wildman–Crippen LogP) is 3.32. The van der Waals surface area contributed by atoms with Gasteiger partial charge in [0.25, 0.3) is 0 Å². The van der Waals surface area contributed by atoms with Crippen LogP contribution < -0.4 is 4.74 Å². The lowest BCUT2D eigenvalue weighted by atomic mass is 10.0. The number of hydrogen-bond donors (Lipinski definition) is 0. The average Bonchev–Trinajstić information content (AvgIpc) is 2.32. The van der Waals surface area contributed by atoms with Gasteiger partial charge in [-0.1, -0.05) is 6.07 Å². The first-order chi connectivity index (χ1) is 9.28. The fourth-order valence-electron chi connectivity index (χ4n) is 1.45. The first-order valence-corrected chi connectivity index (χ1v) is 6.20. The highest BCUT2D eigenvalue weighted by atomic mass is 79.9. The van der Waals surface area contributed by atoms with E-state index in [2.05, 4.69) is 20.7 Å². The molecule has 0 aliphatic rings. The van der Waals surface area contributed by atoms with Crippen LogP contribution in [-0.4, -0.2) is 18.9 Å². The van der Waals surface area contributed by atoms with Gasteiger partial charge in [-0.15, -0.1) is 13.2 Å². The summed E-state index contributed by atoms with van der Waals surface area (Å²) in [6.07, 6.45) is -5.24. The Hall–Kier alpha value is -1.75. The maximum absolute atomic E-state index is 12.3. The van der Waals surface area contributed by atoms with Crippen LogP contribution in [0, 0.1) is 11.3 Å². The van der Waals surface area contributed by atoms with Crippen LogP contribution in [0.1, 0.15) is 18.1 Å². The lowest BCUT2D eigenvalue weighted by Gasteiger charge is -2.14. The van der Waals surface area contributed by atoms with Crippen molar-refractivity contribution in [2.24, 2.45) is 0 Å². The molecule has 0 saturated heterocycles. The molecule has 0 unspecified atom stereocenters. The summed E-state index contributed by atoms with van der Waals surface area (Å²) in [7, 11) is 0. The molecule has 0 aliphatic heterocycles. The number of esters is 1. The highest BCUT2D eigenvalue weighted by Gasteiger charge is 2.34. The zero-order chi connectivity index (χ0) is 15.3. The summed E-state index contributed by atoms with van der Waals surface area (Å²) < 4.78 is 45.4. The normalized spacial score (nSPS) is 10.8. The van der Waals surface area contributed by atoms with Crippen molar-refractivity contribution in [1.29, 1.82) is 5.26 Å². The predicted molar refractivity (Wildman–Crippen MR) is 65.9 cm³/mol. The average molecular weight is 352 g/mol. The number of nitrogens with zero attached hydrogens (tertiary/aromatic N) is 1. The maximum Gasteiger partial charge on any atom is 0.573 e. The van der Waals surface area contributed by atoms with E-state index in [1.165, 1.54) is 12.1 Å². The topological polar surface area (TPSA) is 59.3 Å². The number of carbonyl (C=O) groups is 1. The summed E-state index contributed by atoms with van der Waals surface area (Å²) in [5.41, 5.74) is -0.252. The third-order valence-corrected chi connectivity index (χ3v) is 2.79. The van der Waals surface area contributed by atoms with Crippen LogP contribution >= 0.6 is 15.9 Å². The van der Waals surface area contributed by atoms with Gasteiger partial charge in [-0.2, -0.15) is 5.26 Å². The first kappa shape index (κ1) is 16.3. The van der Waals surface area contributed by atoms with Gasteiger partial charge < -0.3 is 9.47 Å². The van der Waals surface area contributed by atoms with E-state index in [1.54, 1.807) is 13.0 Å². The smallest absolute Gasteiger partial charge is 0.466 e. The van der Waals surface area contributed by atoms with Crippen molar-refractivity contribution in [3.8, 4) is 11.8 Å². The van der Waals surface area contributed by atoms with E-state index in [9.17, 15) is 18.0 Å². The van der Waals surface area contributed by atoms with Crippen molar-refractivity contribution in [3.63, 3.8) is 0 Å². The van der Waals surface area contributed by atoms with Gasteiger partial charge in [0, 0.05) is 0 Å². The Kier molecular flexibility index (Phi) is 5.39. The third-order valence-electron chi connectivity index (χ3n) is 2.17. The van der Waals surface area contributed by atoms with E-state index in [0.29, 0.717) is 0 Å². The molecule has 20 heavy (non-hydrogen) atoms. The summed E-state index contributed by atoms with van der Waals surface area (Å²) in [6.45, 7) is 1.74. The molecule has 0 saturated carbocycles. The van der Waals surface area contributed by atoms with Crippen LogP contribution in [0.2, 0.25) is 0 Å². The van der Waals surface area contributed by atoms with Crippen LogP contribution in [0.4, 0.5) is 13.2 Å². The van der Waals surface area contributed by atoms with E-state index < -0.39 is 18.1 Å². The number of alkyl halides is 3. The quantitative estimate of drug-likeness (QED) is 0.780. The molecule has 108 valence electrons. The molecular weight excluding hydrogens is 343 g/mol. The van der Waals surface area contributed by atoms with Gasteiger partial charge in [-0.3, -0.25) is 4.79 Å². The van der Waals surface area contributed by atoms with Crippen LogP contribution in [-0.2, 0) is 16.0 Å². The molecule has 0 spiro atoms. The molecule has 0 amide bonds. The summed E-state index contributed by atoms with van der Waals surface area (Å²) in [6, 6.07) is 4.25. The van der Waals surface area contributed by atoms with Crippen molar-refractivity contribution in [1.82, 2.24) is 0 Å². The lowest BCUT2D eigenvalue weighted by molar-refractivity contribution is -0.275. The van der Waals surface area contributed by atoms with Gasteiger partial charge in [0.2, 0.25) is 0 Å². The zero-order valence-corrected chi connectivity index (χ0v) is 11.8. The molecule has 0 aliphatic carbocycles. The zero-order valence-electron chi connectivity index (χ0n) is 10.3. The number of carbonyl (C=O) groups excluding carboxylic acids is 1. The van der Waals surface area contributed by atoms with Crippen LogP contribution in [0.5, 0.6) is 5.75 Å². The number of benzene rings is 1. The Labute approximate surface area is 121 Å². The third kappa shape index (κ3) is 4.42. The van der Waals surface area contributed by atoms with Gasteiger partial charge in [0.15, 0.2) is 5.75 Å². The van der Waals surface area contributed by atoms with Crippen molar-refractivity contribution in [2.45, 2.75) is 19.7 Å². The minimum Gasteiger partial charge on any atom is -0.466 e. The maximum atomic E-state index is 12.3. The standard InChI is InChI=1S/C12H9BrF3NO3/c1-2-19-10(18)5-7-3-4-9(13)11(8(7)6-17)20-12(14,15)16/h3-4H,2,5H2,1H3. The number of hydrogen-bond acceptors (Lipinski definition) is 4. The van der Waals surface area contributed by atoms with E-state index in [0.717, 1.165) is 0 Å². The molecule has 1 rings (SSSR count). The summed E-state index contributed by atoms with van der Waals surface area (Å²) >= 11 is 2.88. The second-order valence-corrected chi connectivity index (χ2v) is 4.41. The number of halogens is 4. The van der Waals surface area contributed by atoms with E-state index in [1.807, 2.05) is 0 Å². The van der Waals surface area contributed by atoms with Gasteiger partial charge in [0.05, 0.1) is 23.1 Å². The highest BCUT2D eigenvalue weighted by molar-refractivity contribution is 9.10. The van der Waals surface area contributed by atoms with E-state index >= 15 is 0 Å². The summed E-state index contributed by atoms with van der Waals surface area (Å²) in [5, 5.41) is 8.99. The monoisotopic (exact) mass is 351 g/mol. The van der Waals surface area contributed by atoms with Crippen molar-refractivity contribution >= 4 is 21.9 Å². The van der Waals surface area contributed by atoms with Gasteiger partial charge in [-0.25, -0.2) is 0 Å². The molecule has 0 bridgehead atoms. The van der Waals surface area contributed by atoms with E-state index in [-0.39, 0.29) is 28.6 Å². The van der Waals surface area contributed by atoms with Gasteiger partial charge in [-0.05, 0) is 34.5 Å². The van der Waals surface area contributed by atoms with Crippen LogP contribution in [0.15, 0.2) is 16.6 Å². The Balaban J connectivity index is 3.18. The number of ether oxygens (including phenoxy) is 2. The second kappa shape index (κ2) is 6.61. The number of nitriles is 1. The fraction of sp³-hybridized carbons (Fsp3) is 0.333. The summed E-state index contributed by atoms with van der Waals surface area (Å²) in [5.74, 6) is -1.30. The van der Waals surface area contributed by atoms with Crippen LogP contribution in [0.3, 0.4) is 0 Å². The van der Waals surface area contributed by atoms with Crippen LogP contribution in [0.25, 0.3) is 0 Å². The fourth-order valence-corrected chi connectivity index (χ4v) is 1.86. The molecule has 0 radical (unpaired) electrons. The lowest BCUT2D eigenvalue weighted by Crippen LogP contribution is -2.19. The van der Waals surface area contributed by atoms with Crippen molar-refractivity contribution < 1.29 is 27.4 Å². The molecule has 0 aromatic heterocycles. The Morgan fingerprint density at radius 1 is 1.45 bits per heavy atom.